The van der Waals surface area contributed by atoms with Crippen molar-refractivity contribution >= 4 is 0 Å². The fourth-order valence-corrected chi connectivity index (χ4v) is 1.39. The largest absolute Gasteiger partial charge is 0.395 e. The van der Waals surface area contributed by atoms with Gasteiger partial charge in [-0.1, -0.05) is 62.2 Å². The van der Waals surface area contributed by atoms with Gasteiger partial charge in [-0.15, -0.1) is 5.92 Å². The second-order valence-corrected chi connectivity index (χ2v) is 4.05. The molecule has 98 valence electrons. The van der Waals surface area contributed by atoms with Crippen molar-refractivity contribution in [3.63, 3.8) is 0 Å². The molecule has 1 N–H and O–H groups in total. The minimum atomic E-state index is 0.129. The van der Waals surface area contributed by atoms with Gasteiger partial charge >= 0.3 is 0 Å². The van der Waals surface area contributed by atoms with E-state index in [2.05, 4.69) is 42.4 Å². The normalized spacial score (nSPS) is 8.33. The third-order valence-corrected chi connectivity index (χ3v) is 2.37. The van der Waals surface area contributed by atoms with Crippen molar-refractivity contribution in [3.05, 3.63) is 0 Å². The quantitative estimate of drug-likeness (QED) is 0.560. The molecular formula is C17H24O. The summed E-state index contributed by atoms with van der Waals surface area (Å²) >= 11 is 0. The van der Waals surface area contributed by atoms with Gasteiger partial charge in [-0.2, -0.15) is 0 Å². The number of unbranched alkanes of at least 4 members (excludes halogenated alkanes) is 5. The van der Waals surface area contributed by atoms with Crippen molar-refractivity contribution < 1.29 is 5.11 Å². The fourth-order valence-electron chi connectivity index (χ4n) is 1.39. The molecule has 0 unspecified atom stereocenters. The molecule has 0 spiro atoms. The Hall–Kier alpha value is -1.36. The Balaban J connectivity index is 3.38. The maximum absolute atomic E-state index is 8.50. The Morgan fingerprint density at radius 3 is 1.83 bits per heavy atom. The van der Waals surface area contributed by atoms with E-state index in [-0.39, 0.29) is 6.61 Å². The summed E-state index contributed by atoms with van der Waals surface area (Å²) in [4.78, 5) is 0. The van der Waals surface area contributed by atoms with Gasteiger partial charge in [-0.3, -0.25) is 0 Å². The first kappa shape index (κ1) is 16.6. The highest BCUT2D eigenvalue weighted by molar-refractivity contribution is 5.16. The lowest BCUT2D eigenvalue weighted by Crippen LogP contribution is -1.76. The zero-order chi connectivity index (χ0) is 13.3. The highest BCUT2D eigenvalue weighted by atomic mass is 16.2. The van der Waals surface area contributed by atoms with Gasteiger partial charge in [0.15, 0.2) is 0 Å². The van der Waals surface area contributed by atoms with E-state index in [0.717, 1.165) is 6.42 Å². The molecule has 0 aliphatic heterocycles. The zero-order valence-corrected chi connectivity index (χ0v) is 11.5. The average Bonchev–Trinajstić information content (AvgIpc) is 2.39. The van der Waals surface area contributed by atoms with Crippen LogP contribution in [0.1, 0.15) is 64.7 Å². The molecule has 1 nitrogen and oxygen atoms in total. The number of aliphatic hydroxyl groups excluding tert-OH is 1. The molecule has 18 heavy (non-hydrogen) atoms. The summed E-state index contributed by atoms with van der Waals surface area (Å²) in [6.07, 6.45) is 9.27. The lowest BCUT2D eigenvalue weighted by molar-refractivity contribution is 0.305. The Morgan fingerprint density at radius 1 is 0.667 bits per heavy atom. The van der Waals surface area contributed by atoms with Crippen LogP contribution in [0.4, 0.5) is 0 Å². The molecule has 0 radical (unpaired) electrons. The van der Waals surface area contributed by atoms with Gasteiger partial charge in [-0.05, 0) is 6.42 Å². The van der Waals surface area contributed by atoms with E-state index < -0.39 is 0 Å². The molecule has 0 amide bonds. The smallest absolute Gasteiger partial charge is 0.0703 e. The van der Waals surface area contributed by atoms with E-state index in [1.807, 2.05) is 0 Å². The fraction of sp³-hybridized carbons (Fsp3) is 0.647. The zero-order valence-electron chi connectivity index (χ0n) is 11.5. The first-order valence-electron chi connectivity index (χ1n) is 6.89. The molecule has 0 fully saturated rings. The molecule has 0 saturated carbocycles. The first-order chi connectivity index (χ1) is 8.91. The second-order valence-electron chi connectivity index (χ2n) is 4.05. The van der Waals surface area contributed by atoms with Crippen LogP contribution in [0.15, 0.2) is 0 Å². The molecular weight excluding hydrogens is 220 g/mol. The van der Waals surface area contributed by atoms with Crippen LogP contribution < -0.4 is 0 Å². The summed E-state index contributed by atoms with van der Waals surface area (Å²) in [6, 6.07) is 0. The Labute approximate surface area is 112 Å². The second kappa shape index (κ2) is 15.6. The standard InChI is InChI=1S/C17H24O/c1-2-3-4-5-6-7-8-9-10-11-12-13-14-15-16-17-18/h18H,2-7,10,13,16-17H2,1H3. The van der Waals surface area contributed by atoms with Gasteiger partial charge in [-0.25, -0.2) is 0 Å². The van der Waals surface area contributed by atoms with E-state index in [4.69, 9.17) is 5.11 Å². The van der Waals surface area contributed by atoms with Gasteiger partial charge in [0.25, 0.3) is 0 Å². The summed E-state index contributed by atoms with van der Waals surface area (Å²) in [5.74, 6) is 17.9. The van der Waals surface area contributed by atoms with Gasteiger partial charge in [0.2, 0.25) is 0 Å². The van der Waals surface area contributed by atoms with Crippen molar-refractivity contribution in [3.8, 4) is 35.5 Å². The molecule has 0 rings (SSSR count). The van der Waals surface area contributed by atoms with Crippen LogP contribution in [0.3, 0.4) is 0 Å². The summed E-state index contributed by atoms with van der Waals surface area (Å²) in [5.41, 5.74) is 0. The number of rotatable bonds is 6. The van der Waals surface area contributed by atoms with Crippen LogP contribution in [0.2, 0.25) is 0 Å². The summed E-state index contributed by atoms with van der Waals surface area (Å²) in [7, 11) is 0. The topological polar surface area (TPSA) is 20.2 Å². The van der Waals surface area contributed by atoms with Crippen LogP contribution in [0.5, 0.6) is 0 Å². The SMILES string of the molecule is CCCCCCCC#CCC#CCC#CCCO. The monoisotopic (exact) mass is 244 g/mol. The average molecular weight is 244 g/mol. The Bertz CT molecular complexity index is 348. The van der Waals surface area contributed by atoms with E-state index in [0.29, 0.717) is 19.3 Å². The lowest BCUT2D eigenvalue weighted by Gasteiger charge is -1.94. The van der Waals surface area contributed by atoms with E-state index in [9.17, 15) is 0 Å². The van der Waals surface area contributed by atoms with Crippen molar-refractivity contribution in [2.24, 2.45) is 0 Å². The van der Waals surface area contributed by atoms with Gasteiger partial charge < -0.3 is 5.11 Å². The third-order valence-electron chi connectivity index (χ3n) is 2.37. The van der Waals surface area contributed by atoms with Gasteiger partial charge in [0.1, 0.15) is 0 Å². The molecule has 0 heterocycles. The molecule has 0 aromatic rings. The number of hydrogen-bond acceptors (Lipinski definition) is 1. The lowest BCUT2D eigenvalue weighted by atomic mass is 10.1. The van der Waals surface area contributed by atoms with Crippen LogP contribution in [-0.2, 0) is 0 Å². The van der Waals surface area contributed by atoms with Gasteiger partial charge in [0, 0.05) is 12.8 Å². The minimum Gasteiger partial charge on any atom is -0.395 e. The molecule has 0 bridgehead atoms. The summed E-state index contributed by atoms with van der Waals surface area (Å²) < 4.78 is 0. The minimum absolute atomic E-state index is 0.129. The molecule has 0 aromatic carbocycles. The predicted molar refractivity (Wildman–Crippen MR) is 77.6 cm³/mol. The van der Waals surface area contributed by atoms with Gasteiger partial charge in [0.05, 0.1) is 19.4 Å². The first-order valence-corrected chi connectivity index (χ1v) is 6.89. The van der Waals surface area contributed by atoms with E-state index >= 15 is 0 Å². The van der Waals surface area contributed by atoms with Crippen molar-refractivity contribution in [1.29, 1.82) is 0 Å². The highest BCUT2D eigenvalue weighted by Gasteiger charge is 1.85. The van der Waals surface area contributed by atoms with Crippen LogP contribution in [0.25, 0.3) is 0 Å². The van der Waals surface area contributed by atoms with Crippen LogP contribution in [-0.4, -0.2) is 11.7 Å². The number of hydrogen-bond donors (Lipinski definition) is 1. The van der Waals surface area contributed by atoms with Crippen molar-refractivity contribution in [2.45, 2.75) is 64.7 Å². The Morgan fingerprint density at radius 2 is 1.22 bits per heavy atom. The summed E-state index contributed by atoms with van der Waals surface area (Å²) in [5, 5.41) is 8.50. The molecule has 0 aliphatic carbocycles. The maximum Gasteiger partial charge on any atom is 0.0703 e. The molecule has 0 atom stereocenters. The third kappa shape index (κ3) is 14.6. The van der Waals surface area contributed by atoms with Crippen molar-refractivity contribution in [1.82, 2.24) is 0 Å². The van der Waals surface area contributed by atoms with E-state index in [1.54, 1.807) is 0 Å². The number of aliphatic hydroxyl groups is 1. The summed E-state index contributed by atoms with van der Waals surface area (Å²) in [6.45, 7) is 2.36. The molecule has 0 saturated heterocycles. The predicted octanol–water partition coefficient (Wildman–Crippen LogP) is 3.52. The molecule has 0 aromatic heterocycles. The highest BCUT2D eigenvalue weighted by Crippen LogP contribution is 2.03. The van der Waals surface area contributed by atoms with Crippen LogP contribution in [0, 0.1) is 35.5 Å². The van der Waals surface area contributed by atoms with Crippen LogP contribution >= 0.6 is 0 Å². The van der Waals surface area contributed by atoms with Crippen molar-refractivity contribution in [2.75, 3.05) is 6.61 Å². The Kier molecular flexibility index (Phi) is 14.5. The van der Waals surface area contributed by atoms with E-state index in [1.165, 1.54) is 32.1 Å². The molecule has 1 heteroatoms. The molecule has 0 aliphatic rings. The maximum atomic E-state index is 8.50.